The Morgan fingerprint density at radius 1 is 0.371 bits per heavy atom. The highest BCUT2D eigenvalue weighted by Crippen LogP contribution is 2.48. The molecular formula is C59H55BN2. The summed E-state index contributed by atoms with van der Waals surface area (Å²) in [4.78, 5) is 5.12. The van der Waals surface area contributed by atoms with Crippen LogP contribution in [0.5, 0.6) is 0 Å². The third-order valence-corrected chi connectivity index (χ3v) is 13.2. The minimum atomic E-state index is -0.0259. The minimum Gasteiger partial charge on any atom is -0.311 e. The van der Waals surface area contributed by atoms with Crippen LogP contribution in [0.1, 0.15) is 69.4 Å². The van der Waals surface area contributed by atoms with Gasteiger partial charge in [0.05, 0.1) is 0 Å². The van der Waals surface area contributed by atoms with Gasteiger partial charge in [0, 0.05) is 34.1 Å². The Hall–Kier alpha value is -6.58. The lowest BCUT2D eigenvalue weighted by Crippen LogP contribution is -2.61. The quantitative estimate of drug-likeness (QED) is 0.160. The minimum absolute atomic E-state index is 0.0172. The van der Waals surface area contributed by atoms with Gasteiger partial charge in [0.1, 0.15) is 0 Å². The Morgan fingerprint density at radius 3 is 1.15 bits per heavy atom. The maximum Gasteiger partial charge on any atom is 0.252 e. The van der Waals surface area contributed by atoms with E-state index in [2.05, 4.69) is 242 Å². The highest BCUT2D eigenvalue weighted by molar-refractivity contribution is 7.00. The van der Waals surface area contributed by atoms with Crippen molar-refractivity contribution in [2.75, 3.05) is 9.80 Å². The van der Waals surface area contributed by atoms with Gasteiger partial charge in [-0.25, -0.2) is 0 Å². The van der Waals surface area contributed by atoms with Gasteiger partial charge in [-0.15, -0.1) is 0 Å². The second-order valence-corrected chi connectivity index (χ2v) is 19.7. The molecule has 0 aliphatic carbocycles. The van der Waals surface area contributed by atoms with E-state index < -0.39 is 0 Å². The number of aryl methyl sites for hydroxylation is 3. The van der Waals surface area contributed by atoms with Crippen molar-refractivity contribution in [3.8, 4) is 33.4 Å². The Bertz CT molecular complexity index is 2790. The van der Waals surface area contributed by atoms with Crippen molar-refractivity contribution in [3.05, 3.63) is 198 Å². The molecule has 2 heterocycles. The number of rotatable bonds is 5. The highest BCUT2D eigenvalue weighted by Gasteiger charge is 2.44. The first-order valence-corrected chi connectivity index (χ1v) is 22.2. The molecule has 0 saturated carbocycles. The summed E-state index contributed by atoms with van der Waals surface area (Å²) in [6.07, 6.45) is 0. The lowest BCUT2D eigenvalue weighted by molar-refractivity contribution is 0.590. The van der Waals surface area contributed by atoms with Crippen molar-refractivity contribution in [1.29, 1.82) is 0 Å². The van der Waals surface area contributed by atoms with E-state index in [9.17, 15) is 0 Å². The van der Waals surface area contributed by atoms with E-state index in [1.165, 1.54) is 100 Å². The lowest BCUT2D eigenvalue weighted by Gasteiger charge is -2.45. The van der Waals surface area contributed by atoms with Crippen LogP contribution in [0.4, 0.5) is 34.1 Å². The third kappa shape index (κ3) is 6.76. The number of hydrogen-bond acceptors (Lipinski definition) is 2. The van der Waals surface area contributed by atoms with Crippen LogP contribution in [-0.2, 0) is 10.8 Å². The summed E-state index contributed by atoms with van der Waals surface area (Å²) in [5.74, 6) is 0. The molecule has 0 bridgehead atoms. The monoisotopic (exact) mass is 802 g/mol. The van der Waals surface area contributed by atoms with Gasteiger partial charge in [0.2, 0.25) is 0 Å². The number of benzene rings is 8. The molecule has 0 atom stereocenters. The van der Waals surface area contributed by atoms with Crippen LogP contribution in [0.25, 0.3) is 33.4 Å². The second kappa shape index (κ2) is 14.8. The van der Waals surface area contributed by atoms with Crippen molar-refractivity contribution in [2.24, 2.45) is 0 Å². The molecule has 0 N–H and O–H groups in total. The van der Waals surface area contributed by atoms with Crippen molar-refractivity contribution in [1.82, 2.24) is 0 Å². The van der Waals surface area contributed by atoms with Crippen LogP contribution < -0.4 is 26.2 Å². The first kappa shape index (κ1) is 39.6. The zero-order valence-corrected chi connectivity index (χ0v) is 37.6. The van der Waals surface area contributed by atoms with Gasteiger partial charge in [0.25, 0.3) is 6.71 Å². The maximum atomic E-state index is 2.56. The topological polar surface area (TPSA) is 6.48 Å². The molecule has 0 saturated heterocycles. The van der Waals surface area contributed by atoms with Gasteiger partial charge in [0.15, 0.2) is 0 Å². The van der Waals surface area contributed by atoms with Gasteiger partial charge >= 0.3 is 0 Å². The molecule has 0 fully saturated rings. The molecule has 8 aromatic carbocycles. The average molecular weight is 803 g/mol. The van der Waals surface area contributed by atoms with Gasteiger partial charge in [-0.1, -0.05) is 168 Å². The Balaban J connectivity index is 1.30. The first-order chi connectivity index (χ1) is 29.7. The van der Waals surface area contributed by atoms with Gasteiger partial charge in [-0.2, -0.15) is 0 Å². The first-order valence-electron chi connectivity index (χ1n) is 22.2. The van der Waals surface area contributed by atoms with E-state index >= 15 is 0 Å². The Kier molecular flexibility index (Phi) is 9.45. The smallest absolute Gasteiger partial charge is 0.252 e. The fraction of sp³-hybridized carbons (Fsp3) is 0.186. The van der Waals surface area contributed by atoms with Crippen LogP contribution in [-0.4, -0.2) is 6.71 Å². The van der Waals surface area contributed by atoms with Crippen LogP contribution in [0.15, 0.2) is 170 Å². The summed E-state index contributed by atoms with van der Waals surface area (Å²) in [7, 11) is 0. The molecule has 0 spiro atoms. The fourth-order valence-corrected chi connectivity index (χ4v) is 10.1. The predicted molar refractivity (Wildman–Crippen MR) is 268 cm³/mol. The number of anilines is 6. The molecule has 2 nitrogen and oxygen atoms in total. The summed E-state index contributed by atoms with van der Waals surface area (Å²) in [5, 5.41) is 0. The molecule has 0 unspecified atom stereocenters. The van der Waals surface area contributed by atoms with Gasteiger partial charge in [-0.3, -0.25) is 0 Å². The summed E-state index contributed by atoms with van der Waals surface area (Å²) in [5.41, 5.74) is 25.2. The van der Waals surface area contributed by atoms with Gasteiger partial charge in [-0.05, 0) is 152 Å². The van der Waals surface area contributed by atoms with Crippen LogP contribution in [0.3, 0.4) is 0 Å². The van der Waals surface area contributed by atoms with Crippen molar-refractivity contribution in [2.45, 2.75) is 73.1 Å². The molecule has 304 valence electrons. The Morgan fingerprint density at radius 2 is 0.758 bits per heavy atom. The molecule has 0 amide bonds. The molecule has 8 aromatic rings. The SMILES string of the molecule is Cc1cc(C)c(-c2cc3c4c(c2)N(c2ccc(-c5ccccc5)cc2)c2ccc(C(C)(C)C)cc2B4c2cc(C(C)(C)C)ccc2N3c2ccc(-c3ccccc3)cc2)c(C)c1. The van der Waals surface area contributed by atoms with E-state index in [1.54, 1.807) is 0 Å². The molecule has 3 heteroatoms. The maximum absolute atomic E-state index is 2.56. The Labute approximate surface area is 369 Å². The van der Waals surface area contributed by atoms with E-state index in [1.807, 2.05) is 0 Å². The summed E-state index contributed by atoms with van der Waals surface area (Å²) >= 11 is 0. The molecule has 10 rings (SSSR count). The third-order valence-electron chi connectivity index (χ3n) is 13.2. The zero-order valence-electron chi connectivity index (χ0n) is 37.6. The van der Waals surface area contributed by atoms with E-state index in [0.717, 1.165) is 11.4 Å². The van der Waals surface area contributed by atoms with Crippen LogP contribution >= 0.6 is 0 Å². The summed E-state index contributed by atoms with van der Waals surface area (Å²) < 4.78 is 0. The van der Waals surface area contributed by atoms with Crippen LogP contribution in [0.2, 0.25) is 0 Å². The van der Waals surface area contributed by atoms with Crippen molar-refractivity contribution >= 4 is 57.2 Å². The van der Waals surface area contributed by atoms with Crippen molar-refractivity contribution < 1.29 is 0 Å². The van der Waals surface area contributed by atoms with Crippen LogP contribution in [0, 0.1) is 20.8 Å². The van der Waals surface area contributed by atoms with E-state index in [-0.39, 0.29) is 17.5 Å². The average Bonchev–Trinajstić information content (AvgIpc) is 3.26. The molecule has 0 aromatic heterocycles. The molecule has 0 radical (unpaired) electrons. The number of nitrogens with zero attached hydrogens (tertiary/aromatic N) is 2. The fourth-order valence-electron chi connectivity index (χ4n) is 10.1. The summed E-state index contributed by atoms with van der Waals surface area (Å²) in [6.45, 7) is 20.8. The largest absolute Gasteiger partial charge is 0.311 e. The summed E-state index contributed by atoms with van der Waals surface area (Å²) in [6, 6.07) is 64.1. The molecule has 2 aliphatic heterocycles. The highest BCUT2D eigenvalue weighted by atomic mass is 15.2. The van der Waals surface area contributed by atoms with Gasteiger partial charge < -0.3 is 9.80 Å². The number of hydrogen-bond donors (Lipinski definition) is 0. The zero-order chi connectivity index (χ0) is 43.1. The second-order valence-electron chi connectivity index (χ2n) is 19.7. The van der Waals surface area contributed by atoms with E-state index in [4.69, 9.17) is 0 Å². The standard InChI is InChI=1S/C59H55BN2/c1-38-32-39(2)56(40(3)33-38)45-34-54-57-55(35-45)62(49-28-22-44(23-29-49)42-18-14-11-15-19-42)53-31-25-47(59(7,8)9)37-51(53)60(57)50-36-46(58(4,5)6)24-30-52(50)61(54)48-26-20-43(21-27-48)41-16-12-10-13-17-41/h10-37H,1-9H3. The van der Waals surface area contributed by atoms with E-state index in [0.29, 0.717) is 0 Å². The molecular weight excluding hydrogens is 747 g/mol. The normalized spacial score (nSPS) is 13.1. The molecule has 2 aliphatic rings. The molecule has 62 heavy (non-hydrogen) atoms. The number of fused-ring (bicyclic) bond motifs is 4. The predicted octanol–water partition coefficient (Wildman–Crippen LogP) is 14.3. The van der Waals surface area contributed by atoms with Crippen molar-refractivity contribution in [3.63, 3.8) is 0 Å². The lowest BCUT2D eigenvalue weighted by atomic mass is 9.33.